The summed E-state index contributed by atoms with van der Waals surface area (Å²) in [6.45, 7) is 1.11. The summed E-state index contributed by atoms with van der Waals surface area (Å²) in [6, 6.07) is 11.7. The fourth-order valence-electron chi connectivity index (χ4n) is 3.36. The topological polar surface area (TPSA) is 94.8 Å². The minimum absolute atomic E-state index is 0.00777. The molecule has 1 atom stereocenters. The Kier molecular flexibility index (Phi) is 6.24. The molecule has 31 heavy (non-hydrogen) atoms. The van der Waals surface area contributed by atoms with E-state index < -0.39 is 4.92 Å². The van der Waals surface area contributed by atoms with Crippen molar-refractivity contribution in [3.8, 4) is 5.75 Å². The molecule has 2 heterocycles. The minimum Gasteiger partial charge on any atom is -0.497 e. The summed E-state index contributed by atoms with van der Waals surface area (Å²) in [4.78, 5) is 29.7. The monoisotopic (exact) mass is 439 g/mol. The Morgan fingerprint density at radius 2 is 2.16 bits per heavy atom. The standard InChI is InChI=1S/C22H21N3O5S/c1-29-17-9-10-20-19(13-17)23-22(31-20)24(14-18-3-2-12-30-18)21(26)11-6-15-4-7-16(8-5-15)25(27)28/h4-11,13,18H,2-3,12,14H2,1H3/b11-6-. The van der Waals surface area contributed by atoms with Gasteiger partial charge in [-0.1, -0.05) is 11.3 Å². The molecule has 9 heteroatoms. The quantitative estimate of drug-likeness (QED) is 0.307. The molecule has 0 aliphatic carbocycles. The molecular formula is C22H21N3O5S. The summed E-state index contributed by atoms with van der Waals surface area (Å²) in [6.07, 6.45) is 4.95. The van der Waals surface area contributed by atoms with Gasteiger partial charge in [0.2, 0.25) is 0 Å². The maximum atomic E-state index is 13.1. The smallest absolute Gasteiger partial charge is 0.269 e. The van der Waals surface area contributed by atoms with Crippen LogP contribution in [-0.2, 0) is 9.53 Å². The Balaban J connectivity index is 1.59. The predicted molar refractivity (Wildman–Crippen MR) is 120 cm³/mol. The van der Waals surface area contributed by atoms with Crippen LogP contribution in [0.3, 0.4) is 0 Å². The minimum atomic E-state index is -0.454. The van der Waals surface area contributed by atoms with Crippen molar-refractivity contribution in [1.82, 2.24) is 4.98 Å². The summed E-state index contributed by atoms with van der Waals surface area (Å²) in [7, 11) is 1.60. The zero-order valence-corrected chi connectivity index (χ0v) is 17.7. The first kappa shape index (κ1) is 21.0. The first-order valence-corrected chi connectivity index (χ1v) is 10.7. The Bertz CT molecular complexity index is 1120. The van der Waals surface area contributed by atoms with E-state index in [0.717, 1.165) is 23.1 Å². The van der Waals surface area contributed by atoms with Gasteiger partial charge in [0.15, 0.2) is 5.13 Å². The summed E-state index contributed by atoms with van der Waals surface area (Å²) in [5.74, 6) is 0.485. The molecule has 1 aromatic heterocycles. The molecule has 1 saturated heterocycles. The Morgan fingerprint density at radius 1 is 1.35 bits per heavy atom. The van der Waals surface area contributed by atoms with E-state index in [2.05, 4.69) is 4.98 Å². The summed E-state index contributed by atoms with van der Waals surface area (Å²) in [5, 5.41) is 11.4. The van der Waals surface area contributed by atoms with Crippen molar-refractivity contribution in [2.75, 3.05) is 25.2 Å². The van der Waals surface area contributed by atoms with Crippen molar-refractivity contribution < 1.29 is 19.2 Å². The molecule has 0 spiro atoms. The third-order valence-corrected chi connectivity index (χ3v) is 6.07. The van der Waals surface area contributed by atoms with E-state index in [4.69, 9.17) is 9.47 Å². The number of carbonyl (C=O) groups is 1. The highest BCUT2D eigenvalue weighted by atomic mass is 32.1. The third kappa shape index (κ3) is 4.89. The molecule has 3 aromatic rings. The molecule has 1 fully saturated rings. The number of fused-ring (bicyclic) bond motifs is 1. The van der Waals surface area contributed by atoms with Gasteiger partial charge in [0, 0.05) is 30.9 Å². The molecule has 160 valence electrons. The molecule has 1 aliphatic heterocycles. The number of carbonyl (C=O) groups excluding carboxylic acids is 1. The van der Waals surface area contributed by atoms with E-state index in [1.807, 2.05) is 18.2 Å². The second-order valence-electron chi connectivity index (χ2n) is 7.10. The number of thiazole rings is 1. The van der Waals surface area contributed by atoms with Crippen molar-refractivity contribution in [1.29, 1.82) is 0 Å². The maximum Gasteiger partial charge on any atom is 0.269 e. The SMILES string of the molecule is COc1ccc2sc(N(CC3CCCO3)C(=O)/C=C\c3ccc([N+](=O)[O-])cc3)nc2c1. The number of methoxy groups -OCH3 is 1. The number of nitro benzene ring substituents is 1. The van der Waals surface area contributed by atoms with E-state index >= 15 is 0 Å². The van der Waals surface area contributed by atoms with Crippen LogP contribution >= 0.6 is 11.3 Å². The molecule has 1 amide bonds. The van der Waals surface area contributed by atoms with Gasteiger partial charge in [-0.15, -0.1) is 0 Å². The number of hydrogen-bond donors (Lipinski definition) is 0. The number of ether oxygens (including phenoxy) is 2. The van der Waals surface area contributed by atoms with Crippen LogP contribution in [0.4, 0.5) is 10.8 Å². The summed E-state index contributed by atoms with van der Waals surface area (Å²) in [5.41, 5.74) is 1.47. The van der Waals surface area contributed by atoms with E-state index in [-0.39, 0.29) is 17.7 Å². The normalized spacial score (nSPS) is 16.1. The van der Waals surface area contributed by atoms with Gasteiger partial charge >= 0.3 is 0 Å². The lowest BCUT2D eigenvalue weighted by Crippen LogP contribution is -2.36. The van der Waals surface area contributed by atoms with Gasteiger partial charge in [0.1, 0.15) is 5.75 Å². The number of benzene rings is 2. The fraction of sp³-hybridized carbons (Fsp3) is 0.273. The number of aromatic nitrogens is 1. The van der Waals surface area contributed by atoms with Crippen LogP contribution < -0.4 is 9.64 Å². The van der Waals surface area contributed by atoms with Crippen molar-refractivity contribution in [3.63, 3.8) is 0 Å². The van der Waals surface area contributed by atoms with Crippen LogP contribution in [0.1, 0.15) is 18.4 Å². The van der Waals surface area contributed by atoms with Crippen LogP contribution in [0.2, 0.25) is 0 Å². The fourth-order valence-corrected chi connectivity index (χ4v) is 4.32. The average Bonchev–Trinajstić information content (AvgIpc) is 3.44. The number of amides is 1. The highest BCUT2D eigenvalue weighted by molar-refractivity contribution is 7.22. The van der Waals surface area contributed by atoms with E-state index in [9.17, 15) is 14.9 Å². The summed E-state index contributed by atoms with van der Waals surface area (Å²) < 4.78 is 12.0. The zero-order valence-electron chi connectivity index (χ0n) is 16.9. The Labute approximate surface area is 182 Å². The number of anilines is 1. The lowest BCUT2D eigenvalue weighted by atomic mass is 10.2. The lowest BCUT2D eigenvalue weighted by molar-refractivity contribution is -0.384. The number of rotatable bonds is 7. The second kappa shape index (κ2) is 9.23. The van der Waals surface area contributed by atoms with Crippen LogP contribution in [0.25, 0.3) is 16.3 Å². The lowest BCUT2D eigenvalue weighted by Gasteiger charge is -2.21. The average molecular weight is 439 g/mol. The van der Waals surface area contributed by atoms with Crippen LogP contribution in [-0.4, -0.2) is 42.2 Å². The van der Waals surface area contributed by atoms with Gasteiger partial charge in [-0.3, -0.25) is 19.8 Å². The van der Waals surface area contributed by atoms with Crippen LogP contribution in [0, 0.1) is 10.1 Å². The van der Waals surface area contributed by atoms with Crippen LogP contribution in [0.15, 0.2) is 48.5 Å². The van der Waals surface area contributed by atoms with Gasteiger partial charge in [-0.2, -0.15) is 0 Å². The molecule has 1 aliphatic rings. The Hall–Kier alpha value is -3.30. The molecule has 2 aromatic carbocycles. The largest absolute Gasteiger partial charge is 0.497 e. The molecule has 8 nitrogen and oxygen atoms in total. The molecule has 4 rings (SSSR count). The number of non-ortho nitro benzene ring substituents is 1. The predicted octanol–water partition coefficient (Wildman–Crippen LogP) is 4.44. The van der Waals surface area contributed by atoms with Crippen molar-refractivity contribution in [2.24, 2.45) is 0 Å². The maximum absolute atomic E-state index is 13.1. The molecule has 0 N–H and O–H groups in total. The zero-order chi connectivity index (χ0) is 21.8. The van der Waals surface area contributed by atoms with Gasteiger partial charge in [-0.05, 0) is 48.7 Å². The second-order valence-corrected chi connectivity index (χ2v) is 8.11. The number of hydrogen-bond acceptors (Lipinski definition) is 7. The van der Waals surface area contributed by atoms with Gasteiger partial charge in [-0.25, -0.2) is 4.98 Å². The van der Waals surface area contributed by atoms with Gasteiger partial charge < -0.3 is 9.47 Å². The van der Waals surface area contributed by atoms with Crippen molar-refractivity contribution >= 4 is 44.4 Å². The van der Waals surface area contributed by atoms with Crippen molar-refractivity contribution in [2.45, 2.75) is 18.9 Å². The Morgan fingerprint density at radius 3 is 2.84 bits per heavy atom. The van der Waals surface area contributed by atoms with Gasteiger partial charge in [0.25, 0.3) is 11.6 Å². The van der Waals surface area contributed by atoms with E-state index in [1.165, 1.54) is 29.5 Å². The molecular weight excluding hydrogens is 418 g/mol. The van der Waals surface area contributed by atoms with Crippen molar-refractivity contribution in [3.05, 3.63) is 64.2 Å². The molecule has 0 saturated carbocycles. The molecule has 0 radical (unpaired) electrons. The third-order valence-electron chi connectivity index (χ3n) is 5.01. The van der Waals surface area contributed by atoms with E-state index in [1.54, 1.807) is 30.2 Å². The first-order chi connectivity index (χ1) is 15.0. The molecule has 1 unspecified atom stereocenters. The van der Waals surface area contributed by atoms with Crippen LogP contribution in [0.5, 0.6) is 5.75 Å². The number of nitro groups is 1. The number of nitrogens with zero attached hydrogens (tertiary/aromatic N) is 3. The van der Waals surface area contributed by atoms with E-state index in [0.29, 0.717) is 29.6 Å². The highest BCUT2D eigenvalue weighted by Crippen LogP contribution is 2.32. The molecule has 0 bridgehead atoms. The highest BCUT2D eigenvalue weighted by Gasteiger charge is 2.25. The first-order valence-electron chi connectivity index (χ1n) is 9.84. The van der Waals surface area contributed by atoms with Gasteiger partial charge in [0.05, 0.1) is 34.9 Å². The summed E-state index contributed by atoms with van der Waals surface area (Å²) >= 11 is 1.44.